The Kier molecular flexibility index (Phi) is 4.73. The second kappa shape index (κ2) is 6.08. The van der Waals surface area contributed by atoms with Crippen molar-refractivity contribution < 1.29 is 4.79 Å². The van der Waals surface area contributed by atoms with Gasteiger partial charge in [-0.25, -0.2) is 0 Å². The van der Waals surface area contributed by atoms with E-state index in [2.05, 4.69) is 18.8 Å². The Labute approximate surface area is 96.3 Å². The minimum atomic E-state index is -0.525. The molecule has 3 N–H and O–H groups in total. The highest BCUT2D eigenvalue weighted by atomic mass is 16.2. The molecule has 1 unspecified atom stereocenters. The average molecular weight is 218 g/mol. The molecule has 3 nitrogen and oxygen atoms in total. The van der Waals surface area contributed by atoms with Crippen molar-refractivity contribution in [1.82, 2.24) is 0 Å². The molecule has 0 aromatic heterocycles. The van der Waals surface area contributed by atoms with Crippen LogP contribution in [0.15, 0.2) is 36.9 Å². The van der Waals surface area contributed by atoms with E-state index in [1.54, 1.807) is 6.08 Å². The highest BCUT2D eigenvalue weighted by molar-refractivity contribution is 5.94. The van der Waals surface area contributed by atoms with Gasteiger partial charge in [-0.3, -0.25) is 4.79 Å². The van der Waals surface area contributed by atoms with E-state index in [9.17, 15) is 4.79 Å². The molecule has 0 radical (unpaired) electrons. The smallest absolute Gasteiger partial charge is 0.241 e. The maximum absolute atomic E-state index is 11.6. The fourth-order valence-corrected chi connectivity index (χ4v) is 1.39. The van der Waals surface area contributed by atoms with Gasteiger partial charge in [0.05, 0.1) is 6.04 Å². The monoisotopic (exact) mass is 218 g/mol. The molecular weight excluding hydrogens is 200 g/mol. The second-order valence-corrected chi connectivity index (χ2v) is 3.67. The Morgan fingerprint density at radius 3 is 3.00 bits per heavy atom. The molecule has 1 aromatic carbocycles. The number of carbonyl (C=O) groups is 1. The third-order valence-electron chi connectivity index (χ3n) is 2.36. The SMILES string of the molecule is C=CCC(N)C(=O)Nc1cccc(CC)c1. The molecule has 3 heteroatoms. The van der Waals surface area contributed by atoms with Crippen LogP contribution in [0.4, 0.5) is 5.69 Å². The molecule has 1 amide bonds. The Balaban J connectivity index is 2.65. The predicted molar refractivity (Wildman–Crippen MR) is 67.2 cm³/mol. The molecule has 0 spiro atoms. The summed E-state index contributed by atoms with van der Waals surface area (Å²) in [5.74, 6) is -0.173. The summed E-state index contributed by atoms with van der Waals surface area (Å²) in [7, 11) is 0. The Morgan fingerprint density at radius 2 is 2.38 bits per heavy atom. The molecule has 86 valence electrons. The number of anilines is 1. The number of benzene rings is 1. The number of hydrogen-bond donors (Lipinski definition) is 2. The molecule has 0 aliphatic heterocycles. The van der Waals surface area contributed by atoms with E-state index in [1.165, 1.54) is 5.56 Å². The van der Waals surface area contributed by atoms with Crippen LogP contribution in [0.1, 0.15) is 18.9 Å². The molecule has 0 saturated heterocycles. The van der Waals surface area contributed by atoms with E-state index in [0.29, 0.717) is 6.42 Å². The van der Waals surface area contributed by atoms with Crippen molar-refractivity contribution in [3.05, 3.63) is 42.5 Å². The zero-order chi connectivity index (χ0) is 12.0. The predicted octanol–water partition coefficient (Wildman–Crippen LogP) is 2.09. The van der Waals surface area contributed by atoms with Crippen molar-refractivity contribution >= 4 is 11.6 Å². The van der Waals surface area contributed by atoms with Gasteiger partial charge in [0.25, 0.3) is 0 Å². The van der Waals surface area contributed by atoms with Crippen molar-refractivity contribution in [3.8, 4) is 0 Å². The highest BCUT2D eigenvalue weighted by Crippen LogP contribution is 2.11. The molecule has 1 aromatic rings. The van der Waals surface area contributed by atoms with Gasteiger partial charge in [0.15, 0.2) is 0 Å². The van der Waals surface area contributed by atoms with Gasteiger partial charge in [0.2, 0.25) is 5.91 Å². The maximum atomic E-state index is 11.6. The number of amides is 1. The Bertz CT molecular complexity index is 374. The minimum Gasteiger partial charge on any atom is -0.325 e. The van der Waals surface area contributed by atoms with Gasteiger partial charge in [0.1, 0.15) is 0 Å². The molecule has 0 fully saturated rings. The summed E-state index contributed by atoms with van der Waals surface area (Å²) in [6, 6.07) is 7.24. The summed E-state index contributed by atoms with van der Waals surface area (Å²) in [6.45, 7) is 5.63. The minimum absolute atomic E-state index is 0.173. The lowest BCUT2D eigenvalue weighted by molar-refractivity contribution is -0.117. The van der Waals surface area contributed by atoms with Crippen LogP contribution >= 0.6 is 0 Å². The van der Waals surface area contributed by atoms with Crippen LogP contribution in [0.3, 0.4) is 0 Å². The molecule has 1 rings (SSSR count). The van der Waals surface area contributed by atoms with Crippen molar-refractivity contribution in [2.24, 2.45) is 5.73 Å². The van der Waals surface area contributed by atoms with E-state index in [0.717, 1.165) is 12.1 Å². The molecule has 16 heavy (non-hydrogen) atoms. The molecular formula is C13H18N2O. The first-order chi connectivity index (χ1) is 7.67. The Hall–Kier alpha value is -1.61. The van der Waals surface area contributed by atoms with Crippen LogP contribution < -0.4 is 11.1 Å². The molecule has 0 aliphatic carbocycles. The molecule has 0 saturated carbocycles. The molecule has 1 atom stereocenters. The van der Waals surface area contributed by atoms with E-state index < -0.39 is 6.04 Å². The van der Waals surface area contributed by atoms with Crippen LogP contribution in [0.2, 0.25) is 0 Å². The van der Waals surface area contributed by atoms with Crippen molar-refractivity contribution in [3.63, 3.8) is 0 Å². The van der Waals surface area contributed by atoms with E-state index in [-0.39, 0.29) is 5.91 Å². The van der Waals surface area contributed by atoms with Crippen LogP contribution in [0.25, 0.3) is 0 Å². The summed E-state index contributed by atoms with van der Waals surface area (Å²) in [4.78, 5) is 11.6. The highest BCUT2D eigenvalue weighted by Gasteiger charge is 2.11. The summed E-state index contributed by atoms with van der Waals surface area (Å²) in [6.07, 6.45) is 3.08. The number of aryl methyl sites for hydroxylation is 1. The normalized spacial score (nSPS) is 11.9. The first-order valence-corrected chi connectivity index (χ1v) is 5.43. The third kappa shape index (κ3) is 3.51. The van der Waals surface area contributed by atoms with Gasteiger partial charge < -0.3 is 11.1 Å². The topological polar surface area (TPSA) is 55.1 Å². The van der Waals surface area contributed by atoms with Crippen LogP contribution in [0.5, 0.6) is 0 Å². The molecule has 0 aliphatic rings. The third-order valence-corrected chi connectivity index (χ3v) is 2.36. The maximum Gasteiger partial charge on any atom is 0.241 e. The quantitative estimate of drug-likeness (QED) is 0.743. The van der Waals surface area contributed by atoms with E-state index >= 15 is 0 Å². The first-order valence-electron chi connectivity index (χ1n) is 5.43. The van der Waals surface area contributed by atoms with Crippen LogP contribution in [0, 0.1) is 0 Å². The van der Waals surface area contributed by atoms with Crippen LogP contribution in [-0.2, 0) is 11.2 Å². The zero-order valence-corrected chi connectivity index (χ0v) is 9.57. The number of nitrogens with two attached hydrogens (primary N) is 1. The van der Waals surface area contributed by atoms with Gasteiger partial charge >= 0.3 is 0 Å². The van der Waals surface area contributed by atoms with Gasteiger partial charge in [0, 0.05) is 5.69 Å². The second-order valence-electron chi connectivity index (χ2n) is 3.67. The molecule has 0 bridgehead atoms. The lowest BCUT2D eigenvalue weighted by Crippen LogP contribution is -2.35. The first kappa shape index (κ1) is 12.5. The van der Waals surface area contributed by atoms with Crippen molar-refractivity contribution in [2.45, 2.75) is 25.8 Å². The summed E-state index contributed by atoms with van der Waals surface area (Å²) >= 11 is 0. The van der Waals surface area contributed by atoms with E-state index in [4.69, 9.17) is 5.73 Å². The average Bonchev–Trinajstić information content (AvgIpc) is 2.29. The summed E-state index contributed by atoms with van der Waals surface area (Å²) < 4.78 is 0. The number of nitrogens with one attached hydrogen (secondary N) is 1. The largest absolute Gasteiger partial charge is 0.325 e. The van der Waals surface area contributed by atoms with Crippen molar-refractivity contribution in [1.29, 1.82) is 0 Å². The van der Waals surface area contributed by atoms with Gasteiger partial charge in [-0.15, -0.1) is 6.58 Å². The lowest BCUT2D eigenvalue weighted by Gasteiger charge is -2.10. The lowest BCUT2D eigenvalue weighted by atomic mass is 10.1. The van der Waals surface area contributed by atoms with Gasteiger partial charge in [-0.05, 0) is 30.5 Å². The number of rotatable bonds is 5. The van der Waals surface area contributed by atoms with Crippen molar-refractivity contribution in [2.75, 3.05) is 5.32 Å². The van der Waals surface area contributed by atoms with Gasteiger partial charge in [-0.1, -0.05) is 25.1 Å². The van der Waals surface area contributed by atoms with Gasteiger partial charge in [-0.2, -0.15) is 0 Å². The summed E-state index contributed by atoms with van der Waals surface area (Å²) in [5.41, 5.74) is 7.65. The number of hydrogen-bond acceptors (Lipinski definition) is 2. The molecule has 0 heterocycles. The summed E-state index contributed by atoms with van der Waals surface area (Å²) in [5, 5.41) is 2.79. The fraction of sp³-hybridized carbons (Fsp3) is 0.308. The zero-order valence-electron chi connectivity index (χ0n) is 9.57. The van der Waals surface area contributed by atoms with Crippen LogP contribution in [-0.4, -0.2) is 11.9 Å². The fourth-order valence-electron chi connectivity index (χ4n) is 1.39. The van der Waals surface area contributed by atoms with E-state index in [1.807, 2.05) is 24.3 Å². The Morgan fingerprint density at radius 1 is 1.62 bits per heavy atom. The number of carbonyl (C=O) groups excluding carboxylic acids is 1. The standard InChI is InChI=1S/C13H18N2O/c1-3-6-12(14)13(16)15-11-8-5-7-10(4-2)9-11/h3,5,7-9,12H,1,4,6,14H2,2H3,(H,15,16).